The van der Waals surface area contributed by atoms with Gasteiger partial charge in [0.25, 0.3) is 11.8 Å². The maximum atomic E-state index is 15.1. The standard InChI is InChI=1S/C21H23F4N7O5/c1-29(20(34)19(24)25)10-14-11-31(21(35)37-14)13-7-15(22)18(16(23)8-13)30-2-3-32(36-5-4-30)17(33)6-12-9-26-28-27-12/h7-9,14,19H,2-6,10-11H2,1H3,(H,26,27,28)/t14-/m0/s1. The number of carbonyl (C=O) groups is 3. The van der Waals surface area contributed by atoms with Crippen LogP contribution in [0.2, 0.25) is 0 Å². The van der Waals surface area contributed by atoms with Crippen molar-refractivity contribution in [1.82, 2.24) is 25.4 Å². The fraction of sp³-hybridized carbons (Fsp3) is 0.476. The topological polar surface area (TPSA) is 124 Å². The molecule has 1 N–H and O–H groups in total. The second-order valence-corrected chi connectivity index (χ2v) is 8.35. The number of benzene rings is 1. The van der Waals surface area contributed by atoms with Gasteiger partial charge >= 0.3 is 12.5 Å². The average Bonchev–Trinajstić information content (AvgIpc) is 3.41. The fourth-order valence-electron chi connectivity index (χ4n) is 4.02. The molecule has 37 heavy (non-hydrogen) atoms. The molecular formula is C21H23F4N7O5. The Morgan fingerprint density at radius 1 is 1.22 bits per heavy atom. The molecule has 4 rings (SSSR count). The second-order valence-electron chi connectivity index (χ2n) is 8.35. The molecule has 0 saturated carbocycles. The number of nitrogens with zero attached hydrogens (tertiary/aromatic N) is 6. The van der Waals surface area contributed by atoms with E-state index in [1.165, 1.54) is 11.1 Å². The molecule has 12 nitrogen and oxygen atoms in total. The number of cyclic esters (lactones) is 1. The quantitative estimate of drug-likeness (QED) is 0.526. The number of aromatic amines is 1. The van der Waals surface area contributed by atoms with Gasteiger partial charge in [-0.3, -0.25) is 24.4 Å². The number of likely N-dealkylation sites (N-methyl/N-ethyl adjacent to an activating group) is 1. The van der Waals surface area contributed by atoms with Gasteiger partial charge < -0.3 is 14.5 Å². The number of amides is 3. The normalized spacial score (nSPS) is 18.3. The molecular weight excluding hydrogens is 506 g/mol. The third-order valence-corrected chi connectivity index (χ3v) is 5.80. The Balaban J connectivity index is 1.41. The number of halogens is 4. The van der Waals surface area contributed by atoms with Crippen LogP contribution in [0.4, 0.5) is 33.7 Å². The first-order valence-corrected chi connectivity index (χ1v) is 11.2. The zero-order valence-corrected chi connectivity index (χ0v) is 19.6. The number of aromatic nitrogens is 3. The van der Waals surface area contributed by atoms with Crippen molar-refractivity contribution >= 4 is 29.3 Å². The lowest BCUT2D eigenvalue weighted by atomic mass is 10.2. The molecule has 16 heteroatoms. The molecule has 2 fully saturated rings. The van der Waals surface area contributed by atoms with Gasteiger partial charge in [0.1, 0.15) is 11.8 Å². The first-order valence-electron chi connectivity index (χ1n) is 11.2. The number of anilines is 2. The largest absolute Gasteiger partial charge is 0.442 e. The van der Waals surface area contributed by atoms with E-state index in [2.05, 4.69) is 15.4 Å². The summed E-state index contributed by atoms with van der Waals surface area (Å²) in [5, 5.41) is 10.9. The van der Waals surface area contributed by atoms with Gasteiger partial charge in [-0.05, 0) is 0 Å². The summed E-state index contributed by atoms with van der Waals surface area (Å²) in [6.45, 7) is -0.347. The first kappa shape index (κ1) is 26.1. The van der Waals surface area contributed by atoms with Crippen LogP contribution in [0, 0.1) is 11.6 Å². The lowest BCUT2D eigenvalue weighted by Gasteiger charge is -2.24. The molecule has 200 valence electrons. The Bertz CT molecular complexity index is 1130. The molecule has 1 aromatic carbocycles. The van der Waals surface area contributed by atoms with Crippen LogP contribution in [0.3, 0.4) is 0 Å². The number of hydroxylamine groups is 2. The van der Waals surface area contributed by atoms with Gasteiger partial charge in [0, 0.05) is 38.5 Å². The van der Waals surface area contributed by atoms with E-state index in [0.29, 0.717) is 5.69 Å². The predicted octanol–water partition coefficient (Wildman–Crippen LogP) is 0.954. The van der Waals surface area contributed by atoms with E-state index in [4.69, 9.17) is 9.57 Å². The zero-order valence-electron chi connectivity index (χ0n) is 19.6. The minimum Gasteiger partial charge on any atom is -0.442 e. The molecule has 2 saturated heterocycles. The molecule has 3 heterocycles. The minimum atomic E-state index is -3.21. The van der Waals surface area contributed by atoms with Gasteiger partial charge in [0.2, 0.25) is 0 Å². The van der Waals surface area contributed by atoms with Gasteiger partial charge in [-0.25, -0.2) is 18.6 Å². The van der Waals surface area contributed by atoms with E-state index in [1.807, 2.05) is 0 Å². The number of rotatable bonds is 7. The summed E-state index contributed by atoms with van der Waals surface area (Å²) >= 11 is 0. The smallest absolute Gasteiger partial charge is 0.414 e. The lowest BCUT2D eigenvalue weighted by molar-refractivity contribution is -0.181. The molecule has 3 amide bonds. The van der Waals surface area contributed by atoms with Crippen LogP contribution in [0.1, 0.15) is 5.69 Å². The summed E-state index contributed by atoms with van der Waals surface area (Å²) < 4.78 is 60.4. The number of H-pyrrole nitrogens is 1. The molecule has 0 aliphatic carbocycles. The summed E-state index contributed by atoms with van der Waals surface area (Å²) in [6, 6.07) is 1.91. The predicted molar refractivity (Wildman–Crippen MR) is 118 cm³/mol. The molecule has 0 bridgehead atoms. The second kappa shape index (κ2) is 11.0. The Hall–Kier alpha value is -3.95. The highest BCUT2D eigenvalue weighted by Crippen LogP contribution is 2.31. The van der Waals surface area contributed by atoms with Crippen LogP contribution in [-0.2, 0) is 25.6 Å². The molecule has 0 unspecified atom stereocenters. The number of alkyl halides is 2. The zero-order chi connectivity index (χ0) is 26.7. The Kier molecular flexibility index (Phi) is 7.75. The van der Waals surface area contributed by atoms with Crippen molar-refractivity contribution in [3.8, 4) is 0 Å². The summed E-state index contributed by atoms with van der Waals surface area (Å²) in [6.07, 6.45) is -3.70. The monoisotopic (exact) mass is 529 g/mol. The van der Waals surface area contributed by atoms with Crippen LogP contribution in [-0.4, -0.2) is 102 Å². The highest BCUT2D eigenvalue weighted by atomic mass is 19.3. The van der Waals surface area contributed by atoms with Gasteiger partial charge in [-0.2, -0.15) is 8.78 Å². The molecule has 0 spiro atoms. The SMILES string of the molecule is CN(C[C@H]1CN(c2cc(F)c(N3CCON(C(=O)Cc4c[nH]nn4)CC3)c(F)c2)C(=O)O1)C(=O)C(F)F. The molecule has 2 aromatic rings. The van der Waals surface area contributed by atoms with Gasteiger partial charge in [-0.1, -0.05) is 5.21 Å². The van der Waals surface area contributed by atoms with Crippen LogP contribution in [0.25, 0.3) is 0 Å². The van der Waals surface area contributed by atoms with E-state index >= 15 is 8.78 Å². The first-order chi connectivity index (χ1) is 17.6. The average molecular weight is 529 g/mol. The van der Waals surface area contributed by atoms with Crippen molar-refractivity contribution in [2.75, 3.05) is 56.2 Å². The molecule has 2 aliphatic heterocycles. The molecule has 2 aliphatic rings. The summed E-state index contributed by atoms with van der Waals surface area (Å²) in [5.74, 6) is -3.75. The fourth-order valence-corrected chi connectivity index (χ4v) is 4.02. The third kappa shape index (κ3) is 5.90. The van der Waals surface area contributed by atoms with Crippen molar-refractivity contribution in [3.05, 3.63) is 35.7 Å². The minimum absolute atomic E-state index is 0.0177. The number of nitrogens with one attached hydrogen (secondary N) is 1. The Morgan fingerprint density at radius 2 is 1.95 bits per heavy atom. The van der Waals surface area contributed by atoms with Gasteiger partial charge in [0.15, 0.2) is 11.6 Å². The van der Waals surface area contributed by atoms with Gasteiger partial charge in [-0.15, -0.1) is 5.10 Å². The van der Waals surface area contributed by atoms with Crippen molar-refractivity contribution in [3.63, 3.8) is 0 Å². The Morgan fingerprint density at radius 3 is 2.59 bits per heavy atom. The van der Waals surface area contributed by atoms with Crippen LogP contribution in [0.15, 0.2) is 18.3 Å². The van der Waals surface area contributed by atoms with E-state index in [1.54, 1.807) is 0 Å². The maximum absolute atomic E-state index is 15.1. The highest BCUT2D eigenvalue weighted by Gasteiger charge is 2.36. The molecule has 0 radical (unpaired) electrons. The summed E-state index contributed by atoms with van der Waals surface area (Å²) in [5.41, 5.74) is -0.0774. The van der Waals surface area contributed by atoms with Crippen LogP contribution in [0.5, 0.6) is 0 Å². The number of hydrogen-bond acceptors (Lipinski definition) is 8. The third-order valence-electron chi connectivity index (χ3n) is 5.80. The number of ether oxygens (including phenoxy) is 1. The Labute approximate surface area is 207 Å². The number of hydrogen-bond donors (Lipinski definition) is 1. The van der Waals surface area contributed by atoms with E-state index < -0.39 is 42.1 Å². The molecule has 1 aromatic heterocycles. The maximum Gasteiger partial charge on any atom is 0.414 e. The number of carbonyl (C=O) groups excluding carboxylic acids is 3. The van der Waals surface area contributed by atoms with Crippen molar-refractivity contribution in [2.45, 2.75) is 19.0 Å². The van der Waals surface area contributed by atoms with E-state index in [-0.39, 0.29) is 57.1 Å². The van der Waals surface area contributed by atoms with Crippen LogP contribution < -0.4 is 9.80 Å². The van der Waals surface area contributed by atoms with Crippen LogP contribution >= 0.6 is 0 Å². The lowest BCUT2D eigenvalue weighted by Crippen LogP contribution is -2.39. The molecule has 1 atom stereocenters. The van der Waals surface area contributed by atoms with E-state index in [9.17, 15) is 23.2 Å². The van der Waals surface area contributed by atoms with Crippen molar-refractivity contribution < 1.29 is 41.5 Å². The van der Waals surface area contributed by atoms with Crippen molar-refractivity contribution in [1.29, 1.82) is 0 Å². The highest BCUT2D eigenvalue weighted by molar-refractivity contribution is 5.90. The summed E-state index contributed by atoms with van der Waals surface area (Å²) in [7, 11) is 1.13. The van der Waals surface area contributed by atoms with Gasteiger partial charge in [0.05, 0.1) is 44.0 Å². The summed E-state index contributed by atoms with van der Waals surface area (Å²) in [4.78, 5) is 44.6. The van der Waals surface area contributed by atoms with E-state index in [0.717, 1.165) is 34.0 Å². The van der Waals surface area contributed by atoms with Crippen molar-refractivity contribution in [2.24, 2.45) is 0 Å².